The number of nitrogens with two attached hydrogens (primary N) is 1. The van der Waals surface area contributed by atoms with Crippen molar-refractivity contribution >= 4 is 18.4 Å². The number of alkyl halides is 3. The molecule has 16 heavy (non-hydrogen) atoms. The van der Waals surface area contributed by atoms with Crippen LogP contribution in [0.4, 0.5) is 13.2 Å². The molecule has 0 aromatic heterocycles. The van der Waals surface area contributed by atoms with Gasteiger partial charge in [0.05, 0.1) is 13.0 Å². The Morgan fingerprint density at radius 1 is 1.38 bits per heavy atom. The molecule has 0 aromatic carbocycles. The molecule has 1 fully saturated rings. The average Bonchev–Trinajstić information content (AvgIpc) is 2.16. The van der Waals surface area contributed by atoms with Gasteiger partial charge < -0.3 is 10.5 Å². The van der Waals surface area contributed by atoms with Crippen molar-refractivity contribution in [3.63, 3.8) is 0 Å². The number of esters is 1. The Morgan fingerprint density at radius 3 is 2.12 bits per heavy atom. The van der Waals surface area contributed by atoms with Gasteiger partial charge >= 0.3 is 12.1 Å². The van der Waals surface area contributed by atoms with Gasteiger partial charge in [0.25, 0.3) is 0 Å². The normalized spacial score (nSPS) is 30.4. The molecule has 0 aromatic rings. The van der Waals surface area contributed by atoms with Crippen LogP contribution >= 0.6 is 12.4 Å². The lowest BCUT2D eigenvalue weighted by atomic mass is 9.76. The number of carbonyl (C=O) groups excluding carboxylic acids is 1. The topological polar surface area (TPSA) is 52.3 Å². The highest BCUT2D eigenvalue weighted by Gasteiger charge is 2.53. The zero-order chi connectivity index (χ0) is 11.7. The van der Waals surface area contributed by atoms with Crippen LogP contribution < -0.4 is 5.73 Å². The van der Waals surface area contributed by atoms with Gasteiger partial charge in [0.2, 0.25) is 0 Å². The van der Waals surface area contributed by atoms with Gasteiger partial charge in [-0.2, -0.15) is 13.2 Å². The molecule has 0 spiro atoms. The van der Waals surface area contributed by atoms with Gasteiger partial charge in [-0.25, -0.2) is 0 Å². The number of carbonyl (C=O) groups is 1. The summed E-state index contributed by atoms with van der Waals surface area (Å²) in [5.41, 5.74) is 3.14. The molecule has 96 valence electrons. The Morgan fingerprint density at radius 2 is 1.81 bits per heavy atom. The highest BCUT2D eigenvalue weighted by atomic mass is 35.5. The minimum absolute atomic E-state index is 0. The molecule has 1 aliphatic carbocycles. The third kappa shape index (κ3) is 3.01. The maximum absolute atomic E-state index is 12.5. The Bertz CT molecular complexity index is 250. The molecule has 1 saturated carbocycles. The molecular formula is C9H15ClF3NO2. The lowest BCUT2D eigenvalue weighted by Gasteiger charge is -2.37. The van der Waals surface area contributed by atoms with E-state index in [0.29, 0.717) is 0 Å². The van der Waals surface area contributed by atoms with Crippen molar-refractivity contribution in [3.8, 4) is 0 Å². The van der Waals surface area contributed by atoms with E-state index in [1.165, 1.54) is 7.11 Å². The Kier molecular flexibility index (Phi) is 5.07. The molecule has 0 amide bonds. The minimum Gasteiger partial charge on any atom is -0.469 e. The predicted octanol–water partition coefficient (Wildman–Crippen LogP) is 2.03. The summed E-state index contributed by atoms with van der Waals surface area (Å²) in [4.78, 5) is 11.1. The number of hydrogen-bond donors (Lipinski definition) is 1. The first-order chi connectivity index (χ1) is 6.80. The molecule has 0 aliphatic heterocycles. The minimum atomic E-state index is -4.39. The van der Waals surface area contributed by atoms with E-state index in [9.17, 15) is 18.0 Å². The zero-order valence-electron chi connectivity index (χ0n) is 8.84. The van der Waals surface area contributed by atoms with Gasteiger partial charge in [-0.3, -0.25) is 4.79 Å². The van der Waals surface area contributed by atoms with Crippen molar-refractivity contribution in [2.45, 2.75) is 37.4 Å². The van der Waals surface area contributed by atoms with Crippen LogP contribution in [0.1, 0.15) is 25.7 Å². The summed E-state index contributed by atoms with van der Waals surface area (Å²) >= 11 is 0. The summed E-state index contributed by atoms with van der Waals surface area (Å²) in [5, 5.41) is 0. The molecule has 1 aliphatic rings. The molecule has 1 rings (SSSR count). The molecule has 0 heterocycles. The number of rotatable bonds is 1. The summed E-state index contributed by atoms with van der Waals surface area (Å²) in [6.45, 7) is 0. The van der Waals surface area contributed by atoms with Crippen molar-refractivity contribution in [1.29, 1.82) is 0 Å². The van der Waals surface area contributed by atoms with E-state index in [0.717, 1.165) is 0 Å². The van der Waals surface area contributed by atoms with E-state index >= 15 is 0 Å². The predicted molar refractivity (Wildman–Crippen MR) is 54.2 cm³/mol. The van der Waals surface area contributed by atoms with Crippen molar-refractivity contribution in [2.24, 2.45) is 11.7 Å². The number of hydrogen-bond acceptors (Lipinski definition) is 3. The van der Waals surface area contributed by atoms with Gasteiger partial charge in [0.1, 0.15) is 5.54 Å². The smallest absolute Gasteiger partial charge is 0.406 e. The molecule has 0 radical (unpaired) electrons. The fourth-order valence-corrected chi connectivity index (χ4v) is 1.82. The van der Waals surface area contributed by atoms with Gasteiger partial charge in [0, 0.05) is 0 Å². The fraction of sp³-hybridized carbons (Fsp3) is 0.889. The van der Waals surface area contributed by atoms with Crippen LogP contribution in [0.3, 0.4) is 0 Å². The second kappa shape index (κ2) is 5.23. The Hall–Kier alpha value is -0.490. The Labute approximate surface area is 97.9 Å². The fourth-order valence-electron chi connectivity index (χ4n) is 1.82. The molecule has 3 nitrogen and oxygen atoms in total. The second-order valence-electron chi connectivity index (χ2n) is 3.95. The van der Waals surface area contributed by atoms with Gasteiger partial charge in [-0.1, -0.05) is 0 Å². The van der Waals surface area contributed by atoms with E-state index in [1.54, 1.807) is 0 Å². The summed E-state index contributed by atoms with van der Waals surface area (Å²) in [7, 11) is 1.23. The highest BCUT2D eigenvalue weighted by Crippen LogP contribution is 2.41. The number of ether oxygens (including phenoxy) is 1. The summed E-state index contributed by atoms with van der Waals surface area (Å²) in [6, 6.07) is 0. The third-order valence-corrected chi connectivity index (χ3v) is 2.98. The standard InChI is InChI=1S/C9H14F3NO2.ClH/c1-15-7(14)6-2-4-8(13,5-3-6)9(10,11)12;/h6H,2-5,13H2,1H3;1H. The van der Waals surface area contributed by atoms with E-state index in [-0.39, 0.29) is 38.1 Å². The lowest BCUT2D eigenvalue weighted by Crippen LogP contribution is -2.55. The van der Waals surface area contributed by atoms with Crippen LogP contribution in [-0.4, -0.2) is 24.8 Å². The molecule has 0 atom stereocenters. The number of methoxy groups -OCH3 is 1. The van der Waals surface area contributed by atoms with Crippen LogP contribution in [0.15, 0.2) is 0 Å². The maximum Gasteiger partial charge on any atom is 0.406 e. The molecule has 0 unspecified atom stereocenters. The van der Waals surface area contributed by atoms with Gasteiger partial charge in [0.15, 0.2) is 0 Å². The summed E-state index contributed by atoms with van der Waals surface area (Å²) in [5.74, 6) is -0.881. The van der Waals surface area contributed by atoms with E-state index in [1.807, 2.05) is 0 Å². The SMILES string of the molecule is COC(=O)C1CCC(N)(C(F)(F)F)CC1.Cl. The van der Waals surface area contributed by atoms with E-state index in [2.05, 4.69) is 4.74 Å². The first kappa shape index (κ1) is 15.5. The van der Waals surface area contributed by atoms with Crippen LogP contribution in [0, 0.1) is 5.92 Å². The van der Waals surface area contributed by atoms with Crippen molar-refractivity contribution in [2.75, 3.05) is 7.11 Å². The second-order valence-corrected chi connectivity index (χ2v) is 3.95. The monoisotopic (exact) mass is 261 g/mol. The van der Waals surface area contributed by atoms with Crippen molar-refractivity contribution < 1.29 is 22.7 Å². The quantitative estimate of drug-likeness (QED) is 0.735. The summed E-state index contributed by atoms with van der Waals surface area (Å²) < 4.78 is 42.0. The Balaban J connectivity index is 0.00000225. The molecule has 7 heteroatoms. The number of halogens is 4. The summed E-state index contributed by atoms with van der Waals surface area (Å²) in [6.07, 6.45) is -4.54. The van der Waals surface area contributed by atoms with Crippen LogP contribution in [0.25, 0.3) is 0 Å². The van der Waals surface area contributed by atoms with E-state index in [4.69, 9.17) is 5.73 Å². The molecule has 2 N–H and O–H groups in total. The van der Waals surface area contributed by atoms with Crippen molar-refractivity contribution in [3.05, 3.63) is 0 Å². The third-order valence-electron chi connectivity index (χ3n) is 2.98. The maximum atomic E-state index is 12.5. The first-order valence-electron chi connectivity index (χ1n) is 4.73. The lowest BCUT2D eigenvalue weighted by molar-refractivity contribution is -0.197. The molecule has 0 saturated heterocycles. The van der Waals surface area contributed by atoms with Gasteiger partial charge in [-0.05, 0) is 25.7 Å². The first-order valence-corrected chi connectivity index (χ1v) is 4.73. The molecular weight excluding hydrogens is 247 g/mol. The van der Waals surface area contributed by atoms with Crippen LogP contribution in [-0.2, 0) is 9.53 Å². The van der Waals surface area contributed by atoms with Crippen LogP contribution in [0.5, 0.6) is 0 Å². The molecule has 0 bridgehead atoms. The van der Waals surface area contributed by atoms with Gasteiger partial charge in [-0.15, -0.1) is 12.4 Å². The van der Waals surface area contributed by atoms with Crippen LogP contribution in [0.2, 0.25) is 0 Å². The average molecular weight is 262 g/mol. The highest BCUT2D eigenvalue weighted by molar-refractivity contribution is 5.85. The van der Waals surface area contributed by atoms with Crippen molar-refractivity contribution in [1.82, 2.24) is 0 Å². The zero-order valence-corrected chi connectivity index (χ0v) is 9.66. The largest absolute Gasteiger partial charge is 0.469 e. The van der Waals surface area contributed by atoms with E-state index < -0.39 is 23.6 Å².